The van der Waals surface area contributed by atoms with Crippen LogP contribution in [0.1, 0.15) is 71.3 Å². The van der Waals surface area contributed by atoms with E-state index in [1.807, 2.05) is 0 Å². The van der Waals surface area contributed by atoms with Gasteiger partial charge in [-0.05, 0) is 70.8 Å². The molecular formula is C22H35NO2. The third-order valence-electron chi connectivity index (χ3n) is 6.07. The molecular weight excluding hydrogens is 310 g/mol. The first-order chi connectivity index (χ1) is 12.1. The fourth-order valence-electron chi connectivity index (χ4n) is 4.78. The number of fused-ring (bicyclic) bond motifs is 1. The molecule has 1 saturated carbocycles. The number of nitrogens with zero attached hydrogens (tertiary/aromatic N) is 1. The zero-order valence-electron chi connectivity index (χ0n) is 16.5. The normalized spacial score (nSPS) is 26.7. The summed E-state index contributed by atoms with van der Waals surface area (Å²) >= 11 is 0. The summed E-state index contributed by atoms with van der Waals surface area (Å²) in [7, 11) is 2.30. The molecule has 1 aromatic rings. The molecule has 3 rings (SSSR count). The van der Waals surface area contributed by atoms with Crippen LogP contribution in [0.5, 0.6) is 11.5 Å². The van der Waals surface area contributed by atoms with Crippen molar-refractivity contribution in [3.05, 3.63) is 23.8 Å². The average Bonchev–Trinajstić information content (AvgIpc) is 2.94. The van der Waals surface area contributed by atoms with Crippen LogP contribution in [0, 0.1) is 0 Å². The predicted molar refractivity (Wildman–Crippen MR) is 104 cm³/mol. The van der Waals surface area contributed by atoms with Crippen molar-refractivity contribution in [2.24, 2.45) is 0 Å². The molecule has 0 aromatic heterocycles. The Morgan fingerprint density at radius 3 is 2.80 bits per heavy atom. The minimum atomic E-state index is 0.164. The molecule has 3 heteroatoms. The average molecular weight is 346 g/mol. The first-order valence-electron chi connectivity index (χ1n) is 10.2. The zero-order valence-corrected chi connectivity index (χ0v) is 16.5. The van der Waals surface area contributed by atoms with Crippen molar-refractivity contribution in [2.75, 3.05) is 20.2 Å². The lowest BCUT2D eigenvalue weighted by atomic mass is 9.66. The summed E-state index contributed by atoms with van der Waals surface area (Å²) in [4.78, 5) is 2.58. The number of ether oxygens (including phenoxy) is 2. The van der Waals surface area contributed by atoms with Crippen LogP contribution in [0.3, 0.4) is 0 Å². The van der Waals surface area contributed by atoms with Crippen LogP contribution in [0.15, 0.2) is 18.2 Å². The first-order valence-corrected chi connectivity index (χ1v) is 10.2. The largest absolute Gasteiger partial charge is 0.490 e. The SMILES string of the molecule is CCCCOc1cc([C@@]23CCCCC2N(C)CC3)ccc1OC(C)C. The quantitative estimate of drug-likeness (QED) is 0.636. The van der Waals surface area contributed by atoms with Crippen LogP contribution in [-0.2, 0) is 5.41 Å². The van der Waals surface area contributed by atoms with Gasteiger partial charge in [0.05, 0.1) is 12.7 Å². The summed E-state index contributed by atoms with van der Waals surface area (Å²) in [6.07, 6.45) is 9.02. The maximum absolute atomic E-state index is 6.14. The summed E-state index contributed by atoms with van der Waals surface area (Å²) in [6, 6.07) is 7.43. The predicted octanol–water partition coefficient (Wildman–Crippen LogP) is 5.17. The van der Waals surface area contributed by atoms with E-state index in [0.29, 0.717) is 11.5 Å². The second-order valence-electron chi connectivity index (χ2n) is 8.18. The van der Waals surface area contributed by atoms with Gasteiger partial charge in [-0.25, -0.2) is 0 Å². The van der Waals surface area contributed by atoms with Crippen molar-refractivity contribution in [3.63, 3.8) is 0 Å². The van der Waals surface area contributed by atoms with Crippen LogP contribution < -0.4 is 9.47 Å². The van der Waals surface area contributed by atoms with Gasteiger partial charge in [0, 0.05) is 11.5 Å². The molecule has 1 saturated heterocycles. The van der Waals surface area contributed by atoms with Crippen molar-refractivity contribution in [1.29, 1.82) is 0 Å². The van der Waals surface area contributed by atoms with Crippen molar-refractivity contribution in [1.82, 2.24) is 4.90 Å². The Bertz CT molecular complexity index is 567. The van der Waals surface area contributed by atoms with Crippen molar-refractivity contribution < 1.29 is 9.47 Å². The summed E-state index contributed by atoms with van der Waals surface area (Å²) in [5.41, 5.74) is 1.77. The van der Waals surface area contributed by atoms with E-state index in [0.717, 1.165) is 30.9 Å². The van der Waals surface area contributed by atoms with E-state index in [2.05, 4.69) is 50.9 Å². The molecule has 2 fully saturated rings. The number of hydrogen-bond acceptors (Lipinski definition) is 3. The highest BCUT2D eigenvalue weighted by molar-refractivity contribution is 5.46. The number of likely N-dealkylation sites (tertiary alicyclic amines) is 1. The minimum absolute atomic E-state index is 0.164. The Morgan fingerprint density at radius 1 is 1.20 bits per heavy atom. The van der Waals surface area contributed by atoms with Crippen LogP contribution in [-0.4, -0.2) is 37.2 Å². The van der Waals surface area contributed by atoms with Gasteiger partial charge in [0.15, 0.2) is 11.5 Å². The molecule has 2 atom stereocenters. The lowest BCUT2D eigenvalue weighted by molar-refractivity contribution is 0.180. The monoisotopic (exact) mass is 345 g/mol. The fraction of sp³-hybridized carbons (Fsp3) is 0.727. The summed E-state index contributed by atoms with van der Waals surface area (Å²) in [5, 5.41) is 0. The molecule has 25 heavy (non-hydrogen) atoms. The van der Waals surface area contributed by atoms with Crippen LogP contribution in [0.4, 0.5) is 0 Å². The summed E-state index contributed by atoms with van der Waals surface area (Å²) < 4.78 is 12.2. The minimum Gasteiger partial charge on any atom is -0.490 e. The van der Waals surface area contributed by atoms with E-state index in [1.54, 1.807) is 0 Å². The maximum Gasteiger partial charge on any atom is 0.161 e. The molecule has 2 aliphatic rings. The zero-order chi connectivity index (χ0) is 17.9. The lowest BCUT2D eigenvalue weighted by Crippen LogP contribution is -2.43. The van der Waals surface area contributed by atoms with Crippen LogP contribution in [0.2, 0.25) is 0 Å². The smallest absolute Gasteiger partial charge is 0.161 e. The topological polar surface area (TPSA) is 21.7 Å². The van der Waals surface area contributed by atoms with Gasteiger partial charge in [-0.1, -0.05) is 32.3 Å². The summed E-state index contributed by atoms with van der Waals surface area (Å²) in [5.74, 6) is 1.83. The lowest BCUT2D eigenvalue weighted by Gasteiger charge is -2.42. The second kappa shape index (κ2) is 7.99. The van der Waals surface area contributed by atoms with E-state index in [9.17, 15) is 0 Å². The summed E-state index contributed by atoms with van der Waals surface area (Å²) in [6.45, 7) is 8.33. The number of unbranched alkanes of at least 4 members (excludes halogenated alkanes) is 1. The van der Waals surface area contributed by atoms with Crippen molar-refractivity contribution in [3.8, 4) is 11.5 Å². The third-order valence-corrected chi connectivity index (χ3v) is 6.07. The molecule has 0 spiro atoms. The van der Waals surface area contributed by atoms with Gasteiger partial charge in [0.1, 0.15) is 0 Å². The Kier molecular flexibility index (Phi) is 5.93. The molecule has 1 aliphatic carbocycles. The molecule has 0 bridgehead atoms. The van der Waals surface area contributed by atoms with Crippen molar-refractivity contribution in [2.45, 2.75) is 83.3 Å². The molecule has 0 radical (unpaired) electrons. The Labute approximate surface area is 153 Å². The van der Waals surface area contributed by atoms with Crippen LogP contribution >= 0.6 is 0 Å². The van der Waals surface area contributed by atoms with E-state index in [1.165, 1.54) is 44.2 Å². The number of likely N-dealkylation sites (N-methyl/N-ethyl adjacent to an activating group) is 1. The van der Waals surface area contributed by atoms with Gasteiger partial charge in [0.25, 0.3) is 0 Å². The molecule has 140 valence electrons. The van der Waals surface area contributed by atoms with Gasteiger partial charge in [0.2, 0.25) is 0 Å². The Balaban J connectivity index is 1.91. The first kappa shape index (κ1) is 18.6. The molecule has 1 unspecified atom stereocenters. The Morgan fingerprint density at radius 2 is 2.04 bits per heavy atom. The number of hydrogen-bond donors (Lipinski definition) is 0. The Hall–Kier alpha value is -1.22. The van der Waals surface area contributed by atoms with Gasteiger partial charge in [-0.15, -0.1) is 0 Å². The molecule has 0 amide bonds. The molecule has 0 N–H and O–H groups in total. The van der Waals surface area contributed by atoms with E-state index < -0.39 is 0 Å². The van der Waals surface area contributed by atoms with Crippen LogP contribution in [0.25, 0.3) is 0 Å². The molecule has 1 aliphatic heterocycles. The maximum atomic E-state index is 6.14. The van der Waals surface area contributed by atoms with Crippen molar-refractivity contribution >= 4 is 0 Å². The third kappa shape index (κ3) is 3.81. The van der Waals surface area contributed by atoms with Gasteiger partial charge < -0.3 is 14.4 Å². The standard InChI is InChI=1S/C22H35NO2/c1-5-6-15-24-20-16-18(10-11-19(20)25-17(2)3)22-12-8-7-9-21(22)23(4)14-13-22/h10-11,16-17,21H,5-9,12-15H2,1-4H3/t21?,22-/m0/s1. The highest BCUT2D eigenvalue weighted by Gasteiger charge is 2.48. The van der Waals surface area contributed by atoms with E-state index >= 15 is 0 Å². The molecule has 1 heterocycles. The van der Waals surface area contributed by atoms with Gasteiger partial charge >= 0.3 is 0 Å². The van der Waals surface area contributed by atoms with E-state index in [4.69, 9.17) is 9.47 Å². The van der Waals surface area contributed by atoms with Gasteiger partial charge in [-0.2, -0.15) is 0 Å². The highest BCUT2D eigenvalue weighted by atomic mass is 16.5. The molecule has 3 nitrogen and oxygen atoms in total. The second-order valence-corrected chi connectivity index (χ2v) is 8.18. The van der Waals surface area contributed by atoms with E-state index in [-0.39, 0.29) is 6.10 Å². The number of rotatable bonds is 7. The fourth-order valence-corrected chi connectivity index (χ4v) is 4.78. The van der Waals surface area contributed by atoms with Gasteiger partial charge in [-0.3, -0.25) is 0 Å². The highest BCUT2D eigenvalue weighted by Crippen LogP contribution is 2.49. The number of benzene rings is 1. The molecule has 1 aromatic carbocycles.